The summed E-state index contributed by atoms with van der Waals surface area (Å²) >= 11 is 0. The average molecular weight is 581 g/mol. The summed E-state index contributed by atoms with van der Waals surface area (Å²) in [5.41, 5.74) is 0.283. The van der Waals surface area contributed by atoms with E-state index < -0.39 is 21.4 Å². The number of hydrogen-bond donors (Lipinski definition) is 2. The molecule has 2 N–H and O–H groups in total. The van der Waals surface area contributed by atoms with E-state index in [0.29, 0.717) is 23.2 Å². The number of hydrogen-bond acceptors (Lipinski definition) is 9. The van der Waals surface area contributed by atoms with Crippen LogP contribution in [-0.4, -0.2) is 64.0 Å². The maximum absolute atomic E-state index is 15.1. The number of nitrogens with zero attached hydrogens (tertiary/aromatic N) is 6. The first kappa shape index (κ1) is 28.6. The summed E-state index contributed by atoms with van der Waals surface area (Å²) in [6.45, 7) is 3.72. The summed E-state index contributed by atoms with van der Waals surface area (Å²) < 4.78 is 44.1. The van der Waals surface area contributed by atoms with E-state index in [1.165, 1.54) is 41.2 Å². The summed E-state index contributed by atoms with van der Waals surface area (Å²) in [6.07, 6.45) is 8.33. The smallest absolute Gasteiger partial charge is 0.278 e. The summed E-state index contributed by atoms with van der Waals surface area (Å²) in [5.74, 6) is -0.419. The molecule has 3 heterocycles. The molecule has 11 nitrogen and oxygen atoms in total. The molecule has 1 aliphatic rings. The SMILES string of the molecule is CC(C)n1c(=O)c(-c2ccc(NS(=O)(=O)c3cccnc3)c(F)c2)nc2cnc(NC3CCC(N(C)C)CC3)nc21. The Morgan fingerprint density at radius 3 is 2.46 bits per heavy atom. The maximum atomic E-state index is 15.1. The van der Waals surface area contributed by atoms with Gasteiger partial charge in [-0.25, -0.2) is 22.8 Å². The van der Waals surface area contributed by atoms with E-state index in [1.54, 1.807) is 6.20 Å². The quantitative estimate of drug-likeness (QED) is 0.316. The molecule has 4 aromatic rings. The van der Waals surface area contributed by atoms with E-state index >= 15 is 4.39 Å². The van der Waals surface area contributed by atoms with Crippen LogP contribution >= 0.6 is 0 Å². The Bertz CT molecular complexity index is 1720. The van der Waals surface area contributed by atoms with Crippen LogP contribution in [-0.2, 0) is 10.0 Å². The van der Waals surface area contributed by atoms with Gasteiger partial charge in [-0.3, -0.25) is 19.1 Å². The van der Waals surface area contributed by atoms with E-state index in [0.717, 1.165) is 31.7 Å². The summed E-state index contributed by atoms with van der Waals surface area (Å²) in [5, 5.41) is 3.41. The lowest BCUT2D eigenvalue weighted by Crippen LogP contribution is -2.36. The lowest BCUT2D eigenvalue weighted by Gasteiger charge is -2.32. The van der Waals surface area contributed by atoms with Gasteiger partial charge >= 0.3 is 0 Å². The first-order valence-corrected chi connectivity index (χ1v) is 15.0. The van der Waals surface area contributed by atoms with E-state index in [-0.39, 0.29) is 33.9 Å². The molecule has 0 amide bonds. The van der Waals surface area contributed by atoms with Gasteiger partial charge in [0.15, 0.2) is 5.65 Å². The van der Waals surface area contributed by atoms with E-state index in [2.05, 4.69) is 49.0 Å². The van der Waals surface area contributed by atoms with E-state index in [9.17, 15) is 13.2 Å². The number of benzene rings is 1. The van der Waals surface area contributed by atoms with Gasteiger partial charge in [0.25, 0.3) is 15.6 Å². The topological polar surface area (TPSA) is 135 Å². The van der Waals surface area contributed by atoms with Crippen molar-refractivity contribution >= 4 is 32.8 Å². The van der Waals surface area contributed by atoms with Crippen LogP contribution in [0.1, 0.15) is 45.6 Å². The second-order valence-electron chi connectivity index (χ2n) is 10.7. The molecule has 1 aromatic carbocycles. The third-order valence-electron chi connectivity index (χ3n) is 7.34. The highest BCUT2D eigenvalue weighted by molar-refractivity contribution is 7.92. The molecule has 1 saturated carbocycles. The number of aromatic nitrogens is 5. The molecule has 0 unspecified atom stereocenters. The minimum Gasteiger partial charge on any atom is -0.351 e. The second-order valence-corrected chi connectivity index (χ2v) is 12.4. The lowest BCUT2D eigenvalue weighted by molar-refractivity contribution is 0.221. The molecule has 5 rings (SSSR count). The highest BCUT2D eigenvalue weighted by Crippen LogP contribution is 2.27. The van der Waals surface area contributed by atoms with Gasteiger partial charge < -0.3 is 10.2 Å². The van der Waals surface area contributed by atoms with Crippen LogP contribution in [0.2, 0.25) is 0 Å². The predicted molar refractivity (Wildman–Crippen MR) is 156 cm³/mol. The average Bonchev–Trinajstić information content (AvgIpc) is 2.94. The van der Waals surface area contributed by atoms with Crippen molar-refractivity contribution < 1.29 is 12.8 Å². The van der Waals surface area contributed by atoms with Gasteiger partial charge in [-0.2, -0.15) is 4.98 Å². The lowest BCUT2D eigenvalue weighted by atomic mass is 9.91. The largest absolute Gasteiger partial charge is 0.351 e. The molecule has 0 atom stereocenters. The third kappa shape index (κ3) is 6.05. The van der Waals surface area contributed by atoms with Crippen LogP contribution in [0.3, 0.4) is 0 Å². The van der Waals surface area contributed by atoms with Crippen LogP contribution < -0.4 is 15.6 Å². The highest BCUT2D eigenvalue weighted by atomic mass is 32.2. The molecule has 0 spiro atoms. The molecular formula is C28H33FN8O3S. The molecule has 0 aliphatic heterocycles. The zero-order chi connectivity index (χ0) is 29.3. The van der Waals surface area contributed by atoms with Crippen molar-refractivity contribution in [3.05, 3.63) is 65.1 Å². The summed E-state index contributed by atoms with van der Waals surface area (Å²) in [6, 6.07) is 7.17. The van der Waals surface area contributed by atoms with Gasteiger partial charge in [-0.15, -0.1) is 0 Å². The fourth-order valence-electron chi connectivity index (χ4n) is 5.11. The molecule has 13 heteroatoms. The van der Waals surface area contributed by atoms with Crippen LogP contribution in [0.15, 0.2) is 58.6 Å². The van der Waals surface area contributed by atoms with E-state index in [1.807, 2.05) is 13.8 Å². The van der Waals surface area contributed by atoms with Crippen molar-refractivity contribution in [2.75, 3.05) is 24.1 Å². The van der Waals surface area contributed by atoms with Crippen molar-refractivity contribution in [3.8, 4) is 11.3 Å². The van der Waals surface area contributed by atoms with Gasteiger partial charge in [0.05, 0.1) is 11.9 Å². The maximum Gasteiger partial charge on any atom is 0.278 e. The Labute approximate surface area is 237 Å². The van der Waals surface area contributed by atoms with Crippen LogP contribution in [0.5, 0.6) is 0 Å². The Morgan fingerprint density at radius 2 is 1.83 bits per heavy atom. The first-order chi connectivity index (χ1) is 19.5. The van der Waals surface area contributed by atoms with Crippen LogP contribution in [0, 0.1) is 5.82 Å². The minimum absolute atomic E-state index is 0.0121. The normalized spacial score (nSPS) is 17.7. The molecule has 216 valence electrons. The van der Waals surface area contributed by atoms with Crippen LogP contribution in [0.4, 0.5) is 16.0 Å². The summed E-state index contributed by atoms with van der Waals surface area (Å²) in [7, 11) is 0.157. The van der Waals surface area contributed by atoms with Crippen molar-refractivity contribution in [1.29, 1.82) is 0 Å². The number of anilines is 2. The van der Waals surface area contributed by atoms with Gasteiger partial charge in [0.2, 0.25) is 5.95 Å². The number of fused-ring (bicyclic) bond motifs is 1. The third-order valence-corrected chi connectivity index (χ3v) is 8.69. The first-order valence-electron chi connectivity index (χ1n) is 13.5. The standard InChI is InChI=1S/C28H33FN8O3S/c1-17(2)37-26-24(16-31-28(34-26)32-19-8-10-20(11-9-19)36(3)4)33-25(27(37)38)18-7-12-23(22(29)14-18)35-41(39,40)21-6-5-13-30-15-21/h5-7,12-17,19-20,35H,8-11H2,1-4H3,(H,31,32,34). The second kappa shape index (κ2) is 11.5. The molecule has 0 bridgehead atoms. The van der Waals surface area contributed by atoms with Gasteiger partial charge in [-0.05, 0) is 77.9 Å². The number of sulfonamides is 1. The Morgan fingerprint density at radius 1 is 1.07 bits per heavy atom. The number of nitrogens with one attached hydrogen (secondary N) is 2. The van der Waals surface area contributed by atoms with Crippen molar-refractivity contribution in [1.82, 2.24) is 29.4 Å². The fraction of sp³-hybridized carbons (Fsp3) is 0.393. The van der Waals surface area contributed by atoms with Gasteiger partial charge in [0, 0.05) is 36.1 Å². The number of pyridine rings is 1. The molecule has 3 aromatic heterocycles. The Balaban J connectivity index is 1.44. The van der Waals surface area contributed by atoms with Crippen molar-refractivity contribution in [3.63, 3.8) is 0 Å². The minimum atomic E-state index is -4.05. The van der Waals surface area contributed by atoms with Crippen molar-refractivity contribution in [2.45, 2.75) is 62.6 Å². The molecule has 41 heavy (non-hydrogen) atoms. The predicted octanol–water partition coefficient (Wildman–Crippen LogP) is 4.05. The van der Waals surface area contributed by atoms with Gasteiger partial charge in [0.1, 0.15) is 21.9 Å². The van der Waals surface area contributed by atoms with Crippen LogP contribution in [0.25, 0.3) is 22.4 Å². The fourth-order valence-corrected chi connectivity index (χ4v) is 6.14. The van der Waals surface area contributed by atoms with E-state index in [4.69, 9.17) is 0 Å². The molecule has 1 fully saturated rings. The molecule has 0 saturated heterocycles. The molecule has 0 radical (unpaired) electrons. The highest BCUT2D eigenvalue weighted by Gasteiger charge is 2.24. The Hall–Kier alpha value is -3.97. The monoisotopic (exact) mass is 580 g/mol. The zero-order valence-electron chi connectivity index (χ0n) is 23.4. The number of halogens is 1. The molecule has 1 aliphatic carbocycles. The summed E-state index contributed by atoms with van der Waals surface area (Å²) in [4.78, 5) is 33.2. The number of rotatable bonds is 8. The van der Waals surface area contributed by atoms with Gasteiger partial charge in [-0.1, -0.05) is 6.07 Å². The Kier molecular flexibility index (Phi) is 8.00. The zero-order valence-corrected chi connectivity index (χ0v) is 24.2. The molecular weight excluding hydrogens is 547 g/mol. The van der Waals surface area contributed by atoms with Crippen molar-refractivity contribution in [2.24, 2.45) is 0 Å².